The number of benzene rings is 1. The maximum Gasteiger partial charge on any atom is 0.239 e. The third-order valence-corrected chi connectivity index (χ3v) is 4.95. The molecule has 142 valence electrons. The van der Waals surface area contributed by atoms with E-state index in [9.17, 15) is 9.18 Å². The Morgan fingerprint density at radius 3 is 2.24 bits per heavy atom. The summed E-state index contributed by atoms with van der Waals surface area (Å²) < 4.78 is 13.0. The number of anilines is 1. The van der Waals surface area contributed by atoms with E-state index in [1.807, 2.05) is 24.0 Å². The fraction of sp³-hybridized carbons (Fsp3) is 0.588. The zero-order valence-electron chi connectivity index (χ0n) is 14.4. The maximum atomic E-state index is 13.0. The van der Waals surface area contributed by atoms with Crippen LogP contribution in [-0.2, 0) is 4.79 Å². The highest BCUT2D eigenvalue weighted by molar-refractivity contribution is 5.85. The van der Waals surface area contributed by atoms with Crippen molar-refractivity contribution in [3.63, 3.8) is 0 Å². The molecule has 2 saturated heterocycles. The third kappa shape index (κ3) is 5.20. The smallest absolute Gasteiger partial charge is 0.239 e. The number of hydrogen-bond donors (Lipinski definition) is 1. The first-order valence-corrected chi connectivity index (χ1v) is 8.33. The van der Waals surface area contributed by atoms with Gasteiger partial charge in [0.15, 0.2) is 0 Å². The van der Waals surface area contributed by atoms with E-state index in [1.54, 1.807) is 0 Å². The number of rotatable bonds is 3. The van der Waals surface area contributed by atoms with Crippen LogP contribution in [0.25, 0.3) is 0 Å². The normalized spacial score (nSPS) is 22.1. The van der Waals surface area contributed by atoms with Gasteiger partial charge in [0.1, 0.15) is 5.82 Å². The van der Waals surface area contributed by atoms with Gasteiger partial charge in [0.05, 0.1) is 6.04 Å². The van der Waals surface area contributed by atoms with Crippen molar-refractivity contribution < 1.29 is 9.18 Å². The lowest BCUT2D eigenvalue weighted by Crippen LogP contribution is -2.54. The molecule has 2 heterocycles. The highest BCUT2D eigenvalue weighted by Crippen LogP contribution is 2.19. The Balaban J connectivity index is 0.00000156. The second-order valence-corrected chi connectivity index (χ2v) is 6.51. The number of nitrogens with zero attached hydrogens (tertiary/aromatic N) is 3. The van der Waals surface area contributed by atoms with Crippen LogP contribution in [0.2, 0.25) is 0 Å². The van der Waals surface area contributed by atoms with E-state index in [4.69, 9.17) is 5.73 Å². The summed E-state index contributed by atoms with van der Waals surface area (Å²) in [6, 6.07) is 6.63. The van der Waals surface area contributed by atoms with Gasteiger partial charge in [-0.05, 0) is 37.6 Å². The summed E-state index contributed by atoms with van der Waals surface area (Å²) in [4.78, 5) is 18.9. The van der Waals surface area contributed by atoms with E-state index in [1.165, 1.54) is 12.1 Å². The topological polar surface area (TPSA) is 52.8 Å². The molecule has 2 atom stereocenters. The molecule has 1 amide bonds. The van der Waals surface area contributed by atoms with Crippen molar-refractivity contribution in [2.75, 3.05) is 44.2 Å². The number of halogens is 3. The van der Waals surface area contributed by atoms with Crippen LogP contribution in [0.15, 0.2) is 24.3 Å². The summed E-state index contributed by atoms with van der Waals surface area (Å²) in [6.07, 6.45) is 0.900. The highest BCUT2D eigenvalue weighted by Gasteiger charge is 2.31. The first-order valence-electron chi connectivity index (χ1n) is 8.33. The van der Waals surface area contributed by atoms with E-state index in [-0.39, 0.29) is 48.6 Å². The molecule has 1 aromatic rings. The van der Waals surface area contributed by atoms with Gasteiger partial charge in [-0.15, -0.1) is 24.8 Å². The lowest BCUT2D eigenvalue weighted by Gasteiger charge is -2.39. The van der Waals surface area contributed by atoms with Gasteiger partial charge in [-0.1, -0.05) is 0 Å². The van der Waals surface area contributed by atoms with Gasteiger partial charge in [0.25, 0.3) is 0 Å². The quantitative estimate of drug-likeness (QED) is 0.850. The Bertz CT molecular complexity index is 552. The van der Waals surface area contributed by atoms with Crippen LogP contribution in [-0.4, -0.2) is 67.1 Å². The van der Waals surface area contributed by atoms with Crippen molar-refractivity contribution >= 4 is 36.4 Å². The predicted molar refractivity (Wildman–Crippen MR) is 103 cm³/mol. The summed E-state index contributed by atoms with van der Waals surface area (Å²) in [5.41, 5.74) is 6.93. The number of likely N-dealkylation sites (tertiary alicyclic amines) is 1. The molecule has 0 saturated carbocycles. The van der Waals surface area contributed by atoms with E-state index in [0.717, 1.165) is 44.8 Å². The fourth-order valence-electron chi connectivity index (χ4n) is 3.43. The third-order valence-electron chi connectivity index (χ3n) is 4.95. The number of nitrogens with two attached hydrogens (primary N) is 1. The van der Waals surface area contributed by atoms with Crippen LogP contribution in [0, 0.1) is 5.82 Å². The van der Waals surface area contributed by atoms with Crippen LogP contribution in [0.4, 0.5) is 10.1 Å². The molecule has 2 aliphatic heterocycles. The van der Waals surface area contributed by atoms with Crippen molar-refractivity contribution in [2.45, 2.75) is 25.4 Å². The van der Waals surface area contributed by atoms with Gasteiger partial charge in [0, 0.05) is 51.0 Å². The molecule has 2 fully saturated rings. The van der Waals surface area contributed by atoms with Crippen molar-refractivity contribution in [1.82, 2.24) is 9.80 Å². The number of piperazine rings is 1. The lowest BCUT2D eigenvalue weighted by atomic mass is 10.2. The Kier molecular flexibility index (Phi) is 8.41. The van der Waals surface area contributed by atoms with Crippen molar-refractivity contribution in [2.24, 2.45) is 5.73 Å². The molecule has 2 aliphatic rings. The van der Waals surface area contributed by atoms with Crippen LogP contribution in [0.5, 0.6) is 0 Å². The van der Waals surface area contributed by atoms with Gasteiger partial charge in [-0.2, -0.15) is 0 Å². The van der Waals surface area contributed by atoms with Gasteiger partial charge < -0.3 is 15.5 Å². The minimum Gasteiger partial charge on any atom is -0.369 e. The first kappa shape index (κ1) is 22.0. The molecule has 8 heteroatoms. The van der Waals surface area contributed by atoms with Crippen LogP contribution >= 0.6 is 24.8 Å². The zero-order valence-corrected chi connectivity index (χ0v) is 16.1. The summed E-state index contributed by atoms with van der Waals surface area (Å²) in [7, 11) is 0. The Morgan fingerprint density at radius 1 is 1.12 bits per heavy atom. The van der Waals surface area contributed by atoms with E-state index in [2.05, 4.69) is 9.80 Å². The standard InChI is InChI=1S/C17H25FN4O.2ClH/c1-13(17(23)22-7-6-15(19)12-22)20-8-10-21(11-9-20)16-4-2-14(18)3-5-16;;/h2-5,13,15H,6-12,19H2,1H3;2*1H/t13?,15-;;/m1../s1. The first-order chi connectivity index (χ1) is 11.0. The van der Waals surface area contributed by atoms with E-state index >= 15 is 0 Å². The van der Waals surface area contributed by atoms with Gasteiger partial charge >= 0.3 is 0 Å². The van der Waals surface area contributed by atoms with Crippen molar-refractivity contribution in [1.29, 1.82) is 0 Å². The highest BCUT2D eigenvalue weighted by atomic mass is 35.5. The second kappa shape index (κ2) is 9.57. The maximum absolute atomic E-state index is 13.0. The molecule has 3 rings (SSSR count). The molecule has 0 bridgehead atoms. The average Bonchev–Trinajstić information content (AvgIpc) is 3.01. The molecule has 1 aromatic carbocycles. The van der Waals surface area contributed by atoms with Gasteiger partial charge in [-0.3, -0.25) is 9.69 Å². The SMILES string of the molecule is CC(C(=O)N1CC[C@@H](N)C1)N1CCN(c2ccc(F)cc2)CC1.Cl.Cl. The molecule has 25 heavy (non-hydrogen) atoms. The summed E-state index contributed by atoms with van der Waals surface area (Å²) >= 11 is 0. The number of hydrogen-bond acceptors (Lipinski definition) is 4. The van der Waals surface area contributed by atoms with E-state index < -0.39 is 0 Å². The second-order valence-electron chi connectivity index (χ2n) is 6.51. The van der Waals surface area contributed by atoms with Crippen LogP contribution in [0.1, 0.15) is 13.3 Å². The van der Waals surface area contributed by atoms with E-state index in [0.29, 0.717) is 6.54 Å². The molecular formula is C17H27Cl2FN4O. The summed E-state index contributed by atoms with van der Waals surface area (Å²) in [5.74, 6) is -0.0244. The molecule has 0 spiro atoms. The molecule has 1 unspecified atom stereocenters. The molecule has 5 nitrogen and oxygen atoms in total. The lowest BCUT2D eigenvalue weighted by molar-refractivity contribution is -0.135. The van der Waals surface area contributed by atoms with Gasteiger partial charge in [-0.25, -0.2) is 4.39 Å². The minimum atomic E-state index is -0.213. The zero-order chi connectivity index (χ0) is 16.4. The van der Waals surface area contributed by atoms with Crippen LogP contribution in [0.3, 0.4) is 0 Å². The molecule has 0 radical (unpaired) electrons. The van der Waals surface area contributed by atoms with Crippen molar-refractivity contribution in [3.8, 4) is 0 Å². The van der Waals surface area contributed by atoms with Gasteiger partial charge in [0.2, 0.25) is 5.91 Å². The van der Waals surface area contributed by atoms with Crippen molar-refractivity contribution in [3.05, 3.63) is 30.1 Å². The summed E-state index contributed by atoms with van der Waals surface area (Å²) in [6.45, 7) is 6.82. The molecule has 2 N–H and O–H groups in total. The monoisotopic (exact) mass is 392 g/mol. The molecule has 0 aliphatic carbocycles. The minimum absolute atomic E-state index is 0. The Labute approximate surface area is 161 Å². The number of amides is 1. The number of carbonyl (C=O) groups excluding carboxylic acids is 1. The van der Waals surface area contributed by atoms with Crippen LogP contribution < -0.4 is 10.6 Å². The predicted octanol–water partition coefficient (Wildman–Crippen LogP) is 1.74. The molecule has 0 aromatic heterocycles. The fourth-order valence-corrected chi connectivity index (χ4v) is 3.43. The molecular weight excluding hydrogens is 366 g/mol. The average molecular weight is 393 g/mol. The Hall–Kier alpha value is -1.08. The Morgan fingerprint density at radius 2 is 1.72 bits per heavy atom. The summed E-state index contributed by atoms with van der Waals surface area (Å²) in [5, 5.41) is 0. The largest absolute Gasteiger partial charge is 0.369 e. The number of carbonyl (C=O) groups is 1.